The van der Waals surface area contributed by atoms with E-state index < -0.39 is 8.32 Å². The van der Waals surface area contributed by atoms with Gasteiger partial charge >= 0.3 is 5.97 Å². The molecule has 0 rings (SSSR count). The maximum absolute atomic E-state index is 11.9. The summed E-state index contributed by atoms with van der Waals surface area (Å²) in [7, 11) is -1.99. The lowest BCUT2D eigenvalue weighted by Gasteiger charge is -2.35. The van der Waals surface area contributed by atoms with Crippen LogP contribution in [-0.4, -0.2) is 14.3 Å². The molecule has 0 saturated carbocycles. The Bertz CT molecular complexity index is 267. The van der Waals surface area contributed by atoms with Gasteiger partial charge in [-0.15, -0.1) is 0 Å². The van der Waals surface area contributed by atoms with Crippen molar-refractivity contribution in [3.8, 4) is 0 Å². The van der Waals surface area contributed by atoms with E-state index in [1.807, 2.05) is 6.92 Å². The maximum atomic E-state index is 11.9. The quantitative estimate of drug-likeness (QED) is 0.462. The average molecular weight is 285 g/mol. The Morgan fingerprint density at radius 3 is 1.58 bits per heavy atom. The summed E-state index contributed by atoms with van der Waals surface area (Å²) in [5.41, 5.74) is 0. The predicted molar refractivity (Wildman–Crippen MR) is 85.6 cm³/mol. The van der Waals surface area contributed by atoms with Gasteiger partial charge in [-0.25, -0.2) is 4.79 Å². The van der Waals surface area contributed by atoms with Gasteiger partial charge in [0.25, 0.3) is 8.32 Å². The largest absolute Gasteiger partial charge is 0.516 e. The molecule has 0 amide bonds. The second-order valence-corrected chi connectivity index (χ2v) is 10.7. The van der Waals surface area contributed by atoms with Gasteiger partial charge in [-0.3, -0.25) is 0 Å². The smallest absolute Gasteiger partial charge is 0.317 e. The number of hydrogen-bond donors (Lipinski definition) is 0. The number of carbonyl (C=O) groups is 1. The van der Waals surface area contributed by atoms with Crippen LogP contribution in [0.2, 0.25) is 18.1 Å². The Labute approximate surface area is 120 Å². The van der Waals surface area contributed by atoms with Crippen LogP contribution in [0.15, 0.2) is 12.2 Å². The summed E-state index contributed by atoms with van der Waals surface area (Å²) in [5, 5.41) is 0. The van der Waals surface area contributed by atoms with E-state index >= 15 is 0 Å². The summed E-state index contributed by atoms with van der Waals surface area (Å²) >= 11 is 0. The standard InChI is InChI=1S/C16H32O2Si/c1-8-9-16(17)18-19(10-13(2)3,11-14(4)5)12-15(6)7/h8-9,13-15H,10-12H2,1-7H3. The molecule has 0 aliphatic carbocycles. The number of hydrogen-bond acceptors (Lipinski definition) is 2. The average Bonchev–Trinajstić information content (AvgIpc) is 2.12. The molecular weight excluding hydrogens is 252 g/mol. The van der Waals surface area contributed by atoms with Gasteiger partial charge in [0, 0.05) is 6.08 Å². The molecule has 0 aromatic carbocycles. The molecule has 0 N–H and O–H groups in total. The molecule has 0 atom stereocenters. The summed E-state index contributed by atoms with van der Waals surface area (Å²) < 4.78 is 6.02. The first-order valence-corrected chi connectivity index (χ1v) is 10.1. The zero-order valence-corrected chi connectivity index (χ0v) is 14.8. The number of carbonyl (C=O) groups excluding carboxylic acids is 1. The lowest BCUT2D eigenvalue weighted by Crippen LogP contribution is -2.43. The molecule has 0 radical (unpaired) electrons. The Hall–Kier alpha value is -0.573. The van der Waals surface area contributed by atoms with E-state index in [9.17, 15) is 4.79 Å². The van der Waals surface area contributed by atoms with Crippen molar-refractivity contribution in [2.24, 2.45) is 17.8 Å². The van der Waals surface area contributed by atoms with Crippen LogP contribution in [-0.2, 0) is 9.22 Å². The van der Waals surface area contributed by atoms with Gasteiger partial charge in [0.1, 0.15) is 0 Å². The minimum Gasteiger partial charge on any atom is -0.516 e. The van der Waals surface area contributed by atoms with Crippen molar-refractivity contribution in [2.75, 3.05) is 0 Å². The molecule has 0 aliphatic heterocycles. The summed E-state index contributed by atoms with van der Waals surface area (Å²) in [4.78, 5) is 11.9. The van der Waals surface area contributed by atoms with Crippen molar-refractivity contribution < 1.29 is 9.22 Å². The number of allylic oxidation sites excluding steroid dienone is 1. The van der Waals surface area contributed by atoms with Gasteiger partial charge in [0.15, 0.2) is 0 Å². The van der Waals surface area contributed by atoms with Crippen LogP contribution in [0.3, 0.4) is 0 Å². The first kappa shape index (κ1) is 18.4. The van der Waals surface area contributed by atoms with Crippen LogP contribution < -0.4 is 0 Å². The van der Waals surface area contributed by atoms with E-state index in [-0.39, 0.29) is 5.97 Å². The Balaban J connectivity index is 5.14. The number of rotatable bonds is 8. The van der Waals surface area contributed by atoms with E-state index in [1.54, 1.807) is 12.2 Å². The Morgan fingerprint density at radius 1 is 0.947 bits per heavy atom. The summed E-state index contributed by atoms with van der Waals surface area (Å²) in [6.45, 7) is 15.2. The molecule has 2 nitrogen and oxygen atoms in total. The van der Waals surface area contributed by atoms with Gasteiger partial charge in [-0.05, 0) is 42.8 Å². The topological polar surface area (TPSA) is 26.3 Å². The second kappa shape index (κ2) is 8.57. The molecule has 0 aromatic rings. The third-order valence-electron chi connectivity index (χ3n) is 2.96. The van der Waals surface area contributed by atoms with Crippen molar-refractivity contribution in [3.05, 3.63) is 12.2 Å². The van der Waals surface area contributed by atoms with Gasteiger partial charge in [0.2, 0.25) is 0 Å². The molecule has 3 heteroatoms. The van der Waals surface area contributed by atoms with Crippen molar-refractivity contribution in [3.63, 3.8) is 0 Å². The monoisotopic (exact) mass is 284 g/mol. The van der Waals surface area contributed by atoms with E-state index in [2.05, 4.69) is 41.5 Å². The van der Waals surface area contributed by atoms with Crippen LogP contribution in [0.25, 0.3) is 0 Å². The lowest BCUT2D eigenvalue weighted by atomic mass is 10.2. The van der Waals surface area contributed by atoms with Crippen LogP contribution in [0.1, 0.15) is 48.5 Å². The molecule has 19 heavy (non-hydrogen) atoms. The molecule has 0 fully saturated rings. The molecule has 0 saturated heterocycles. The van der Waals surface area contributed by atoms with Crippen molar-refractivity contribution in [2.45, 2.75) is 66.6 Å². The van der Waals surface area contributed by atoms with E-state index in [0.717, 1.165) is 18.1 Å². The fourth-order valence-electron chi connectivity index (χ4n) is 2.99. The Kier molecular flexibility index (Phi) is 8.31. The second-order valence-electron chi connectivity index (χ2n) is 6.90. The molecular formula is C16H32O2Si. The van der Waals surface area contributed by atoms with Crippen LogP contribution in [0.4, 0.5) is 0 Å². The van der Waals surface area contributed by atoms with E-state index in [1.165, 1.54) is 0 Å². The Morgan fingerprint density at radius 2 is 1.32 bits per heavy atom. The summed E-state index contributed by atoms with van der Waals surface area (Å²) in [5.74, 6) is 1.61. The van der Waals surface area contributed by atoms with Crippen molar-refractivity contribution in [1.29, 1.82) is 0 Å². The van der Waals surface area contributed by atoms with Crippen LogP contribution in [0.5, 0.6) is 0 Å². The first-order valence-electron chi connectivity index (χ1n) is 7.56. The van der Waals surface area contributed by atoms with Crippen LogP contribution >= 0.6 is 0 Å². The predicted octanol–water partition coefficient (Wildman–Crippen LogP) is 5.02. The van der Waals surface area contributed by atoms with Gasteiger partial charge in [-0.2, -0.15) is 0 Å². The maximum Gasteiger partial charge on any atom is 0.317 e. The third kappa shape index (κ3) is 8.25. The normalized spacial score (nSPS) is 12.9. The highest BCUT2D eigenvalue weighted by atomic mass is 28.4. The highest BCUT2D eigenvalue weighted by Crippen LogP contribution is 2.33. The first-order chi connectivity index (χ1) is 8.70. The van der Waals surface area contributed by atoms with Crippen molar-refractivity contribution in [1.82, 2.24) is 0 Å². The van der Waals surface area contributed by atoms with Crippen LogP contribution in [0, 0.1) is 17.8 Å². The lowest BCUT2D eigenvalue weighted by molar-refractivity contribution is -0.130. The van der Waals surface area contributed by atoms with Gasteiger partial charge in [-0.1, -0.05) is 47.6 Å². The highest BCUT2D eigenvalue weighted by molar-refractivity contribution is 6.75. The molecule has 0 spiro atoms. The molecule has 0 heterocycles. The third-order valence-corrected chi connectivity index (χ3v) is 8.28. The molecule has 0 aromatic heterocycles. The highest BCUT2D eigenvalue weighted by Gasteiger charge is 2.40. The van der Waals surface area contributed by atoms with E-state index in [4.69, 9.17) is 4.43 Å². The van der Waals surface area contributed by atoms with Gasteiger partial charge < -0.3 is 4.43 Å². The van der Waals surface area contributed by atoms with Gasteiger partial charge in [0.05, 0.1) is 0 Å². The molecule has 0 aliphatic rings. The minimum atomic E-state index is -1.99. The minimum absolute atomic E-state index is 0.142. The van der Waals surface area contributed by atoms with E-state index in [0.29, 0.717) is 17.8 Å². The zero-order valence-electron chi connectivity index (χ0n) is 13.8. The fraction of sp³-hybridized carbons (Fsp3) is 0.812. The summed E-state index contributed by atoms with van der Waals surface area (Å²) in [6, 6.07) is 3.23. The fourth-order valence-corrected chi connectivity index (χ4v) is 8.70. The molecule has 0 bridgehead atoms. The summed E-state index contributed by atoms with van der Waals surface area (Å²) in [6.07, 6.45) is 3.32. The molecule has 112 valence electrons. The van der Waals surface area contributed by atoms with Crippen molar-refractivity contribution >= 4 is 14.3 Å². The zero-order chi connectivity index (χ0) is 15.1. The SMILES string of the molecule is CC=CC(=O)O[Si](CC(C)C)(CC(C)C)CC(C)C. The molecule has 0 unspecified atom stereocenters.